The molecule has 1 saturated heterocycles. The smallest absolute Gasteiger partial charge is 0.0283 e. The molecule has 13 heavy (non-hydrogen) atoms. The van der Waals surface area contributed by atoms with Gasteiger partial charge in [-0.05, 0) is 38.1 Å². The van der Waals surface area contributed by atoms with Gasteiger partial charge < -0.3 is 0 Å². The van der Waals surface area contributed by atoms with Crippen LogP contribution < -0.4 is 0 Å². The van der Waals surface area contributed by atoms with Crippen LogP contribution in [0.15, 0.2) is 0 Å². The molecule has 1 saturated carbocycles. The van der Waals surface area contributed by atoms with E-state index in [0.29, 0.717) is 0 Å². The highest BCUT2D eigenvalue weighted by atomic mass is 15.3. The number of hydrogen-bond acceptors (Lipinski definition) is 1. The Morgan fingerprint density at radius 1 is 1.31 bits per heavy atom. The first-order valence-electron chi connectivity index (χ1n) is 6.01. The first kappa shape index (κ1) is 9.51. The molecular weight excluding hydrogens is 158 g/mol. The first-order valence-corrected chi connectivity index (χ1v) is 6.01. The molecule has 2 aliphatic rings. The zero-order valence-corrected chi connectivity index (χ0v) is 9.29. The molecule has 1 heteroatoms. The molecule has 0 aromatic carbocycles. The molecule has 0 aromatic rings. The fourth-order valence-corrected chi connectivity index (χ4v) is 3.04. The van der Waals surface area contributed by atoms with Gasteiger partial charge in [0.05, 0.1) is 0 Å². The summed E-state index contributed by atoms with van der Waals surface area (Å²) in [7, 11) is 2.33. The first-order chi connectivity index (χ1) is 6.29. The van der Waals surface area contributed by atoms with E-state index >= 15 is 0 Å². The Bertz CT molecular complexity index is 174. The standard InChI is InChI=1S/C12H23N/c1-4-6-9(5-2)11-12(13(11)3)10-7-8-10/h9-12H,4-8H2,1-3H3/t9?,11-,12?,13?/m1/s1. The molecule has 76 valence electrons. The Labute approximate surface area is 82.5 Å². The van der Waals surface area contributed by atoms with Gasteiger partial charge in [-0.25, -0.2) is 0 Å². The van der Waals surface area contributed by atoms with Gasteiger partial charge >= 0.3 is 0 Å². The van der Waals surface area contributed by atoms with Crippen LogP contribution in [-0.4, -0.2) is 24.0 Å². The molecule has 0 bridgehead atoms. The van der Waals surface area contributed by atoms with Crippen molar-refractivity contribution in [1.82, 2.24) is 4.90 Å². The van der Waals surface area contributed by atoms with Crippen LogP contribution in [0.4, 0.5) is 0 Å². The Morgan fingerprint density at radius 3 is 2.46 bits per heavy atom. The second-order valence-corrected chi connectivity index (χ2v) is 4.94. The van der Waals surface area contributed by atoms with E-state index in [4.69, 9.17) is 0 Å². The van der Waals surface area contributed by atoms with Crippen LogP contribution in [-0.2, 0) is 0 Å². The van der Waals surface area contributed by atoms with E-state index < -0.39 is 0 Å². The lowest BCUT2D eigenvalue weighted by molar-refractivity contribution is 0.402. The molecule has 4 atom stereocenters. The molecule has 2 rings (SSSR count). The minimum atomic E-state index is 0.956. The maximum atomic E-state index is 2.63. The second kappa shape index (κ2) is 3.61. The predicted octanol–water partition coefficient (Wildman–Crippen LogP) is 2.91. The summed E-state index contributed by atoms with van der Waals surface area (Å²) in [6.07, 6.45) is 7.20. The molecule has 0 spiro atoms. The minimum absolute atomic E-state index is 0.956. The summed E-state index contributed by atoms with van der Waals surface area (Å²) < 4.78 is 0. The number of likely N-dealkylation sites (N-methyl/N-ethyl adjacent to an activating group) is 1. The van der Waals surface area contributed by atoms with Crippen LogP contribution in [0.2, 0.25) is 0 Å². The lowest BCUT2D eigenvalue weighted by Crippen LogP contribution is -2.11. The molecule has 1 aliphatic carbocycles. The summed E-state index contributed by atoms with van der Waals surface area (Å²) in [4.78, 5) is 2.63. The van der Waals surface area contributed by atoms with Crippen LogP contribution >= 0.6 is 0 Å². The predicted molar refractivity (Wildman–Crippen MR) is 56.8 cm³/mol. The molecule has 1 nitrogen and oxygen atoms in total. The van der Waals surface area contributed by atoms with E-state index in [1.807, 2.05) is 0 Å². The summed E-state index contributed by atoms with van der Waals surface area (Å²) in [6, 6.07) is 1.94. The second-order valence-electron chi connectivity index (χ2n) is 4.94. The van der Waals surface area contributed by atoms with Crippen molar-refractivity contribution in [1.29, 1.82) is 0 Å². The highest BCUT2D eigenvalue weighted by molar-refractivity contribution is 5.09. The highest BCUT2D eigenvalue weighted by Gasteiger charge is 2.54. The van der Waals surface area contributed by atoms with Gasteiger partial charge in [-0.3, -0.25) is 4.90 Å². The maximum Gasteiger partial charge on any atom is 0.0283 e. The van der Waals surface area contributed by atoms with Crippen LogP contribution in [0, 0.1) is 11.8 Å². The largest absolute Gasteiger partial charge is 0.297 e. The molecule has 0 aromatic heterocycles. The highest BCUT2D eigenvalue weighted by Crippen LogP contribution is 2.49. The van der Waals surface area contributed by atoms with E-state index in [1.165, 1.54) is 32.1 Å². The molecular formula is C12H23N. The van der Waals surface area contributed by atoms with E-state index in [9.17, 15) is 0 Å². The van der Waals surface area contributed by atoms with Crippen molar-refractivity contribution in [2.75, 3.05) is 7.05 Å². The molecule has 3 unspecified atom stereocenters. The summed E-state index contributed by atoms with van der Waals surface area (Å²) in [5.74, 6) is 2.07. The van der Waals surface area contributed by atoms with Gasteiger partial charge in [0.15, 0.2) is 0 Å². The third kappa shape index (κ3) is 1.76. The average molecular weight is 181 g/mol. The van der Waals surface area contributed by atoms with Gasteiger partial charge in [0.1, 0.15) is 0 Å². The topological polar surface area (TPSA) is 3.01 Å². The summed E-state index contributed by atoms with van der Waals surface area (Å²) >= 11 is 0. The van der Waals surface area contributed by atoms with Crippen LogP contribution in [0.1, 0.15) is 46.0 Å². The average Bonchev–Trinajstić information content (AvgIpc) is 2.96. The van der Waals surface area contributed by atoms with Crippen molar-refractivity contribution in [2.24, 2.45) is 11.8 Å². The van der Waals surface area contributed by atoms with Crippen molar-refractivity contribution in [2.45, 2.75) is 58.0 Å². The minimum Gasteiger partial charge on any atom is -0.297 e. The normalized spacial score (nSPS) is 40.4. The van der Waals surface area contributed by atoms with E-state index in [0.717, 1.165) is 23.9 Å². The number of rotatable bonds is 5. The lowest BCUT2D eigenvalue weighted by atomic mass is 9.94. The van der Waals surface area contributed by atoms with E-state index in [2.05, 4.69) is 25.8 Å². The SMILES string of the molecule is CCCC(CC)[C@@H]1C(C2CC2)N1C. The molecule has 1 aliphatic heterocycles. The maximum absolute atomic E-state index is 2.63. The summed E-state index contributed by atoms with van der Waals surface area (Å²) in [5.41, 5.74) is 0. The zero-order chi connectivity index (χ0) is 9.42. The van der Waals surface area contributed by atoms with E-state index in [1.54, 1.807) is 0 Å². The Balaban J connectivity index is 1.85. The molecule has 0 radical (unpaired) electrons. The Hall–Kier alpha value is -0.0400. The van der Waals surface area contributed by atoms with Gasteiger partial charge in [-0.1, -0.05) is 26.7 Å². The van der Waals surface area contributed by atoms with Crippen LogP contribution in [0.5, 0.6) is 0 Å². The monoisotopic (exact) mass is 181 g/mol. The number of hydrogen-bond donors (Lipinski definition) is 0. The number of nitrogens with zero attached hydrogens (tertiary/aromatic N) is 1. The Kier molecular flexibility index (Phi) is 2.64. The molecule has 1 heterocycles. The van der Waals surface area contributed by atoms with Gasteiger partial charge in [0, 0.05) is 12.1 Å². The van der Waals surface area contributed by atoms with Gasteiger partial charge in [0.25, 0.3) is 0 Å². The van der Waals surface area contributed by atoms with Crippen LogP contribution in [0.25, 0.3) is 0 Å². The zero-order valence-electron chi connectivity index (χ0n) is 9.29. The van der Waals surface area contributed by atoms with Crippen molar-refractivity contribution >= 4 is 0 Å². The van der Waals surface area contributed by atoms with Crippen LogP contribution in [0.3, 0.4) is 0 Å². The van der Waals surface area contributed by atoms with Gasteiger partial charge in [0.2, 0.25) is 0 Å². The fraction of sp³-hybridized carbons (Fsp3) is 1.00. The third-order valence-electron chi connectivity index (χ3n) is 3.97. The third-order valence-corrected chi connectivity index (χ3v) is 3.97. The lowest BCUT2D eigenvalue weighted by Gasteiger charge is -2.12. The Morgan fingerprint density at radius 2 is 2.00 bits per heavy atom. The summed E-state index contributed by atoms with van der Waals surface area (Å²) in [5, 5.41) is 0. The van der Waals surface area contributed by atoms with Crippen molar-refractivity contribution < 1.29 is 0 Å². The van der Waals surface area contributed by atoms with Crippen molar-refractivity contribution in [3.8, 4) is 0 Å². The van der Waals surface area contributed by atoms with Crippen molar-refractivity contribution in [3.63, 3.8) is 0 Å². The molecule has 0 amide bonds. The van der Waals surface area contributed by atoms with Gasteiger partial charge in [-0.15, -0.1) is 0 Å². The molecule has 0 N–H and O–H groups in total. The van der Waals surface area contributed by atoms with Gasteiger partial charge in [-0.2, -0.15) is 0 Å². The van der Waals surface area contributed by atoms with E-state index in [-0.39, 0.29) is 0 Å². The summed E-state index contributed by atoms with van der Waals surface area (Å²) in [6.45, 7) is 4.67. The van der Waals surface area contributed by atoms with Crippen molar-refractivity contribution in [3.05, 3.63) is 0 Å². The fourth-order valence-electron chi connectivity index (χ4n) is 3.04. The molecule has 2 fully saturated rings. The quantitative estimate of drug-likeness (QED) is 0.589.